The summed E-state index contributed by atoms with van der Waals surface area (Å²) in [7, 11) is 0. The molecule has 0 amide bonds. The molecule has 0 saturated heterocycles. The van der Waals surface area contributed by atoms with E-state index in [9.17, 15) is 26.3 Å². The van der Waals surface area contributed by atoms with Crippen molar-refractivity contribution in [1.29, 1.82) is 0 Å². The van der Waals surface area contributed by atoms with Crippen LogP contribution in [0, 0.1) is 35.1 Å². The Bertz CT molecular complexity index is 1010. The molecule has 0 aliphatic heterocycles. The molecule has 2 aliphatic rings. The van der Waals surface area contributed by atoms with Gasteiger partial charge in [0.25, 0.3) is 0 Å². The number of rotatable bonds is 2. The molecule has 0 aromatic heterocycles. The number of hydrogen-bond acceptors (Lipinski definition) is 0. The molecule has 1 saturated carbocycles. The predicted octanol–water partition coefficient (Wildman–Crippen LogP) is 7.95. The third-order valence-corrected chi connectivity index (χ3v) is 6.62. The summed E-state index contributed by atoms with van der Waals surface area (Å²) in [6.07, 6.45) is 2.61. The van der Waals surface area contributed by atoms with Crippen LogP contribution in [0.15, 0.2) is 30.4 Å². The first-order chi connectivity index (χ1) is 14.6. The van der Waals surface area contributed by atoms with E-state index in [-0.39, 0.29) is 5.92 Å². The van der Waals surface area contributed by atoms with Crippen molar-refractivity contribution in [3.05, 3.63) is 70.3 Å². The predicted molar refractivity (Wildman–Crippen MR) is 103 cm³/mol. The minimum Gasteiger partial charge on any atom is -0.206 e. The van der Waals surface area contributed by atoms with Gasteiger partial charge in [-0.1, -0.05) is 12.2 Å². The second kappa shape index (κ2) is 7.99. The van der Waals surface area contributed by atoms with Crippen molar-refractivity contribution >= 4 is 0 Å². The molecule has 7 heteroatoms. The van der Waals surface area contributed by atoms with Crippen LogP contribution in [0.5, 0.6) is 0 Å². The Balaban J connectivity index is 1.76. The van der Waals surface area contributed by atoms with Crippen LogP contribution in [0.4, 0.5) is 30.7 Å². The third-order valence-electron chi connectivity index (χ3n) is 6.62. The normalized spacial score (nSPS) is 23.7. The Hall–Kier alpha value is -2.31. The van der Waals surface area contributed by atoms with E-state index in [0.717, 1.165) is 19.3 Å². The molecule has 0 heterocycles. The van der Waals surface area contributed by atoms with E-state index in [4.69, 9.17) is 0 Å². The first-order valence-corrected chi connectivity index (χ1v) is 10.3. The molecule has 0 spiro atoms. The van der Waals surface area contributed by atoms with Gasteiger partial charge < -0.3 is 0 Å². The van der Waals surface area contributed by atoms with Gasteiger partial charge in [0.15, 0.2) is 0 Å². The van der Waals surface area contributed by atoms with Gasteiger partial charge in [-0.25, -0.2) is 17.6 Å². The summed E-state index contributed by atoms with van der Waals surface area (Å²) >= 11 is 0. The molecule has 0 N–H and O–H groups in total. The van der Waals surface area contributed by atoms with Gasteiger partial charge >= 0.3 is 6.18 Å². The SMILES string of the molecule is CC=CC1CCC2c3cc(F)c(-c4cc(F)c(C(F)(F)F)c(F)c4)c(F)c3CCC2C1. The lowest BCUT2D eigenvalue weighted by Gasteiger charge is -2.40. The summed E-state index contributed by atoms with van der Waals surface area (Å²) in [5, 5.41) is 0. The lowest BCUT2D eigenvalue weighted by molar-refractivity contribution is -0.142. The fourth-order valence-electron chi connectivity index (χ4n) is 5.32. The van der Waals surface area contributed by atoms with Crippen molar-refractivity contribution < 1.29 is 30.7 Å². The minimum absolute atomic E-state index is 0.00406. The van der Waals surface area contributed by atoms with Gasteiger partial charge in [-0.05, 0) is 91.7 Å². The van der Waals surface area contributed by atoms with E-state index in [1.807, 2.05) is 13.0 Å². The highest BCUT2D eigenvalue weighted by molar-refractivity contribution is 5.68. The first kappa shape index (κ1) is 21.9. The molecule has 4 rings (SSSR count). The van der Waals surface area contributed by atoms with Crippen LogP contribution in [0.3, 0.4) is 0 Å². The largest absolute Gasteiger partial charge is 0.422 e. The maximum Gasteiger partial charge on any atom is 0.422 e. The number of hydrogen-bond donors (Lipinski definition) is 0. The van der Waals surface area contributed by atoms with E-state index >= 15 is 4.39 Å². The summed E-state index contributed by atoms with van der Waals surface area (Å²) in [6.45, 7) is 1.96. The lowest BCUT2D eigenvalue weighted by atomic mass is 9.65. The number of allylic oxidation sites excluding steroid dienone is 2. The van der Waals surface area contributed by atoms with Crippen molar-refractivity contribution in [2.45, 2.75) is 51.1 Å². The highest BCUT2D eigenvalue weighted by atomic mass is 19.4. The number of halogens is 7. The summed E-state index contributed by atoms with van der Waals surface area (Å²) in [5.74, 6) is -5.02. The fraction of sp³-hybridized carbons (Fsp3) is 0.417. The standard InChI is InChI=1S/C24H21F7/c1-2-3-12-4-6-15-13(8-12)5-7-16-17(15)11-18(25)21(23(16)28)14-9-19(26)22(20(27)10-14)24(29,30)31/h2-3,9-13,15H,4-8H2,1H3. The molecule has 2 aromatic carbocycles. The summed E-state index contributed by atoms with van der Waals surface area (Å²) in [5.41, 5.74) is -2.48. The minimum atomic E-state index is -5.25. The van der Waals surface area contributed by atoms with Crippen LogP contribution < -0.4 is 0 Å². The van der Waals surface area contributed by atoms with Crippen molar-refractivity contribution in [1.82, 2.24) is 0 Å². The molecule has 166 valence electrons. The van der Waals surface area contributed by atoms with Crippen LogP contribution >= 0.6 is 0 Å². The molecule has 2 aliphatic carbocycles. The first-order valence-electron chi connectivity index (χ1n) is 10.3. The van der Waals surface area contributed by atoms with Gasteiger partial charge in [-0.15, -0.1) is 0 Å². The highest BCUT2D eigenvalue weighted by Crippen LogP contribution is 2.49. The summed E-state index contributed by atoms with van der Waals surface area (Å²) < 4.78 is 96.8. The van der Waals surface area contributed by atoms with Crippen molar-refractivity contribution in [2.24, 2.45) is 11.8 Å². The maximum atomic E-state index is 15.3. The van der Waals surface area contributed by atoms with Crippen LogP contribution in [-0.2, 0) is 12.6 Å². The van der Waals surface area contributed by atoms with E-state index < -0.39 is 46.1 Å². The molecule has 0 nitrogen and oxygen atoms in total. The highest BCUT2D eigenvalue weighted by Gasteiger charge is 2.39. The Morgan fingerprint density at radius 3 is 2.19 bits per heavy atom. The van der Waals surface area contributed by atoms with Crippen molar-refractivity contribution in [3.63, 3.8) is 0 Å². The van der Waals surface area contributed by atoms with Crippen molar-refractivity contribution in [3.8, 4) is 11.1 Å². The second-order valence-electron chi connectivity index (χ2n) is 8.43. The second-order valence-corrected chi connectivity index (χ2v) is 8.43. The quantitative estimate of drug-likeness (QED) is 0.327. The zero-order valence-electron chi connectivity index (χ0n) is 16.8. The van der Waals surface area contributed by atoms with Gasteiger partial charge in [0.05, 0.1) is 5.56 Å². The topological polar surface area (TPSA) is 0 Å². The Labute approximate surface area is 175 Å². The van der Waals surface area contributed by atoms with Crippen LogP contribution in [0.1, 0.15) is 55.2 Å². The summed E-state index contributed by atoms with van der Waals surface area (Å²) in [6, 6.07) is 1.88. The lowest BCUT2D eigenvalue weighted by Crippen LogP contribution is -2.28. The average molecular weight is 442 g/mol. The van der Waals surface area contributed by atoms with Gasteiger partial charge in [-0.2, -0.15) is 13.2 Å². The van der Waals surface area contributed by atoms with Crippen LogP contribution in [0.25, 0.3) is 11.1 Å². The molecule has 3 unspecified atom stereocenters. The number of benzene rings is 2. The van der Waals surface area contributed by atoms with Gasteiger partial charge in [0.2, 0.25) is 0 Å². The van der Waals surface area contributed by atoms with E-state index in [1.54, 1.807) is 0 Å². The van der Waals surface area contributed by atoms with Gasteiger partial charge in [0.1, 0.15) is 28.8 Å². The number of fused-ring (bicyclic) bond motifs is 3. The molecule has 31 heavy (non-hydrogen) atoms. The maximum absolute atomic E-state index is 15.3. The van der Waals surface area contributed by atoms with Crippen LogP contribution in [-0.4, -0.2) is 0 Å². The zero-order chi connectivity index (χ0) is 22.5. The summed E-state index contributed by atoms with van der Waals surface area (Å²) in [4.78, 5) is 0. The van der Waals surface area contributed by atoms with E-state index in [2.05, 4.69) is 6.08 Å². The third kappa shape index (κ3) is 3.87. The molecule has 2 aromatic rings. The molecular formula is C24H21F7. The smallest absolute Gasteiger partial charge is 0.206 e. The zero-order valence-corrected chi connectivity index (χ0v) is 16.8. The average Bonchev–Trinajstić information content (AvgIpc) is 2.66. The number of alkyl halides is 3. The Kier molecular flexibility index (Phi) is 5.64. The molecule has 3 atom stereocenters. The van der Waals surface area contributed by atoms with Crippen LogP contribution in [0.2, 0.25) is 0 Å². The fourth-order valence-corrected chi connectivity index (χ4v) is 5.32. The molecule has 1 fully saturated rings. The monoisotopic (exact) mass is 442 g/mol. The van der Waals surface area contributed by atoms with E-state index in [0.29, 0.717) is 47.9 Å². The van der Waals surface area contributed by atoms with Crippen molar-refractivity contribution in [2.75, 3.05) is 0 Å². The van der Waals surface area contributed by atoms with Gasteiger partial charge in [0, 0.05) is 0 Å². The molecular weight excluding hydrogens is 421 g/mol. The van der Waals surface area contributed by atoms with E-state index in [1.165, 1.54) is 6.07 Å². The Morgan fingerprint density at radius 2 is 1.58 bits per heavy atom. The van der Waals surface area contributed by atoms with Gasteiger partial charge in [-0.3, -0.25) is 0 Å². The molecule has 0 bridgehead atoms. The Morgan fingerprint density at radius 1 is 0.903 bits per heavy atom. The molecule has 0 radical (unpaired) electrons.